The molecular weight excluding hydrogens is 442 g/mol. The lowest BCUT2D eigenvalue weighted by Gasteiger charge is -2.38. The first-order valence-corrected chi connectivity index (χ1v) is 13.8. The van der Waals surface area contributed by atoms with Gasteiger partial charge in [0.25, 0.3) is 5.91 Å². The van der Waals surface area contributed by atoms with Crippen molar-refractivity contribution in [1.82, 2.24) is 9.62 Å². The molecule has 2 bridgehead atoms. The van der Waals surface area contributed by atoms with Crippen LogP contribution in [0.5, 0.6) is 5.75 Å². The first-order valence-electron chi connectivity index (χ1n) is 12.2. The van der Waals surface area contributed by atoms with E-state index in [9.17, 15) is 18.0 Å². The summed E-state index contributed by atoms with van der Waals surface area (Å²) in [5.41, 5.74) is 1.09. The molecule has 4 heterocycles. The van der Waals surface area contributed by atoms with E-state index in [1.807, 2.05) is 4.31 Å². The molecule has 4 atom stereocenters. The van der Waals surface area contributed by atoms with Crippen molar-refractivity contribution in [1.29, 1.82) is 0 Å². The maximum absolute atomic E-state index is 13.2. The van der Waals surface area contributed by atoms with Gasteiger partial charge >= 0.3 is 0 Å². The van der Waals surface area contributed by atoms with Crippen molar-refractivity contribution in [3.63, 3.8) is 0 Å². The highest BCUT2D eigenvalue weighted by Gasteiger charge is 2.47. The molecule has 5 rings (SSSR count). The number of nitrogens with zero attached hydrogens (tertiary/aromatic N) is 1. The van der Waals surface area contributed by atoms with Gasteiger partial charge in [-0.2, -0.15) is 4.31 Å². The molecular formula is C24H33N3O5S. The van der Waals surface area contributed by atoms with E-state index < -0.39 is 16.1 Å². The van der Waals surface area contributed by atoms with Crippen LogP contribution in [0.15, 0.2) is 18.2 Å². The second-order valence-electron chi connectivity index (χ2n) is 10.1. The van der Waals surface area contributed by atoms with Crippen LogP contribution in [0, 0.1) is 11.8 Å². The van der Waals surface area contributed by atoms with Gasteiger partial charge in [0, 0.05) is 24.1 Å². The molecule has 0 saturated carbocycles. The summed E-state index contributed by atoms with van der Waals surface area (Å²) in [7, 11) is -3.28. The molecule has 0 spiro atoms. The lowest BCUT2D eigenvalue weighted by molar-refractivity contribution is -0.122. The van der Waals surface area contributed by atoms with E-state index in [1.54, 1.807) is 25.1 Å². The number of Topliss-reactive ketones (excluding diaryl/α,β-unsaturated/α-hetero) is 1. The minimum Gasteiger partial charge on any atom is -0.479 e. The SMILES string of the molecule is C[C@H]1Oc2ccc(C(=O)CC3C[C@H]4CC[C@@H](C3)N4S(=O)(=O)CC3CCNCC3)cc2NC1=O. The van der Waals surface area contributed by atoms with Gasteiger partial charge in [0.2, 0.25) is 10.0 Å². The van der Waals surface area contributed by atoms with Crippen molar-refractivity contribution in [2.24, 2.45) is 11.8 Å². The summed E-state index contributed by atoms with van der Waals surface area (Å²) in [6.45, 7) is 3.48. The predicted molar refractivity (Wildman–Crippen MR) is 125 cm³/mol. The van der Waals surface area contributed by atoms with Crippen LogP contribution in [-0.2, 0) is 14.8 Å². The van der Waals surface area contributed by atoms with E-state index in [0.29, 0.717) is 23.4 Å². The molecule has 1 amide bonds. The van der Waals surface area contributed by atoms with E-state index in [4.69, 9.17) is 4.74 Å². The van der Waals surface area contributed by atoms with Crippen molar-refractivity contribution >= 4 is 27.4 Å². The smallest absolute Gasteiger partial charge is 0.265 e. The van der Waals surface area contributed by atoms with Crippen molar-refractivity contribution in [3.05, 3.63) is 23.8 Å². The van der Waals surface area contributed by atoms with E-state index >= 15 is 0 Å². The first kappa shape index (κ1) is 22.8. The predicted octanol–water partition coefficient (Wildman–Crippen LogP) is 2.55. The van der Waals surface area contributed by atoms with Gasteiger partial charge in [-0.1, -0.05) is 0 Å². The average molecular weight is 476 g/mol. The number of hydrogen-bond acceptors (Lipinski definition) is 6. The Labute approximate surface area is 195 Å². The molecule has 1 unspecified atom stereocenters. The van der Waals surface area contributed by atoms with Gasteiger partial charge in [-0.3, -0.25) is 9.59 Å². The van der Waals surface area contributed by atoms with Crippen LogP contribution in [0.25, 0.3) is 0 Å². The van der Waals surface area contributed by atoms with Crippen LogP contribution in [-0.4, -0.2) is 61.4 Å². The Hall–Kier alpha value is -1.97. The van der Waals surface area contributed by atoms with Crippen LogP contribution in [0.3, 0.4) is 0 Å². The highest BCUT2D eigenvalue weighted by molar-refractivity contribution is 7.89. The zero-order valence-corrected chi connectivity index (χ0v) is 19.9. The molecule has 8 nitrogen and oxygen atoms in total. The van der Waals surface area contributed by atoms with Crippen molar-refractivity contribution < 1.29 is 22.7 Å². The summed E-state index contributed by atoms with van der Waals surface area (Å²) >= 11 is 0. The number of carbonyl (C=O) groups excluding carboxylic acids is 2. The van der Waals surface area contributed by atoms with Crippen LogP contribution < -0.4 is 15.4 Å². The second kappa shape index (κ2) is 9.00. The van der Waals surface area contributed by atoms with Gasteiger partial charge < -0.3 is 15.4 Å². The third kappa shape index (κ3) is 4.68. The molecule has 4 aliphatic rings. The van der Waals surface area contributed by atoms with E-state index in [-0.39, 0.29) is 41.4 Å². The molecule has 3 saturated heterocycles. The van der Waals surface area contributed by atoms with Crippen molar-refractivity contribution in [2.45, 2.75) is 70.1 Å². The number of ether oxygens (including phenoxy) is 1. The zero-order valence-electron chi connectivity index (χ0n) is 19.1. The summed E-state index contributed by atoms with van der Waals surface area (Å²) in [6, 6.07) is 5.21. The number of sulfonamides is 1. The lowest BCUT2D eigenvalue weighted by atomic mass is 9.86. The van der Waals surface area contributed by atoms with Crippen LogP contribution in [0.2, 0.25) is 0 Å². The molecule has 1 aromatic carbocycles. The number of carbonyl (C=O) groups is 2. The molecule has 1 aromatic rings. The number of rotatable bonds is 6. The molecule has 180 valence electrons. The Bertz CT molecular complexity index is 1020. The summed E-state index contributed by atoms with van der Waals surface area (Å²) in [4.78, 5) is 24.9. The normalized spacial score (nSPS) is 30.4. The number of hydrogen-bond donors (Lipinski definition) is 2. The Morgan fingerprint density at radius 1 is 1.09 bits per heavy atom. The molecule has 4 aliphatic heterocycles. The molecule has 0 aromatic heterocycles. The number of benzene rings is 1. The number of nitrogens with one attached hydrogen (secondary N) is 2. The standard InChI is InChI=1S/C24H33N3O5S/c1-15-24(29)26-21-13-18(2-5-23(21)32-15)22(28)12-17-10-19-3-4-20(11-17)27(19)33(30,31)14-16-6-8-25-9-7-16/h2,5,13,15-17,19-20,25H,3-4,6-12,14H2,1H3,(H,26,29)/t15-,17?,19-,20+/m1/s1. The average Bonchev–Trinajstić information content (AvgIpc) is 3.07. The number of anilines is 1. The molecule has 3 fully saturated rings. The Balaban J connectivity index is 1.22. The fraction of sp³-hybridized carbons (Fsp3) is 0.667. The molecule has 2 N–H and O–H groups in total. The largest absolute Gasteiger partial charge is 0.479 e. The van der Waals surface area contributed by atoms with E-state index in [2.05, 4.69) is 10.6 Å². The van der Waals surface area contributed by atoms with Crippen molar-refractivity contribution in [3.8, 4) is 5.75 Å². The van der Waals surface area contributed by atoms with E-state index in [0.717, 1.165) is 51.6 Å². The summed E-state index contributed by atoms with van der Waals surface area (Å²) in [5, 5.41) is 6.10. The maximum Gasteiger partial charge on any atom is 0.265 e. The van der Waals surface area contributed by atoms with Crippen LogP contribution >= 0.6 is 0 Å². The zero-order chi connectivity index (χ0) is 23.2. The van der Waals surface area contributed by atoms with Gasteiger partial charge in [0.15, 0.2) is 11.9 Å². The first-order chi connectivity index (χ1) is 15.8. The van der Waals surface area contributed by atoms with Gasteiger partial charge in [-0.05, 0) is 88.6 Å². The summed E-state index contributed by atoms with van der Waals surface area (Å²) < 4.78 is 33.9. The number of amides is 1. The maximum atomic E-state index is 13.2. The molecule has 0 aliphatic carbocycles. The number of piperidine rings is 2. The quantitative estimate of drug-likeness (QED) is 0.613. The molecule has 33 heavy (non-hydrogen) atoms. The van der Waals surface area contributed by atoms with Crippen LogP contribution in [0.4, 0.5) is 5.69 Å². The van der Waals surface area contributed by atoms with Gasteiger partial charge in [0.05, 0.1) is 11.4 Å². The highest BCUT2D eigenvalue weighted by atomic mass is 32.2. The second-order valence-corrected chi connectivity index (χ2v) is 12.0. The van der Waals surface area contributed by atoms with Crippen molar-refractivity contribution in [2.75, 3.05) is 24.2 Å². The minimum atomic E-state index is -3.28. The third-order valence-corrected chi connectivity index (χ3v) is 9.83. The summed E-state index contributed by atoms with van der Waals surface area (Å²) in [6.07, 6.45) is 4.97. The number of fused-ring (bicyclic) bond motifs is 3. The fourth-order valence-corrected chi connectivity index (χ4v) is 8.45. The summed E-state index contributed by atoms with van der Waals surface area (Å²) in [5.74, 6) is 1.06. The van der Waals surface area contributed by atoms with E-state index in [1.165, 1.54) is 0 Å². The Morgan fingerprint density at radius 2 is 1.79 bits per heavy atom. The van der Waals surface area contributed by atoms with Gasteiger partial charge in [0.1, 0.15) is 5.75 Å². The monoisotopic (exact) mass is 475 g/mol. The topological polar surface area (TPSA) is 105 Å². The minimum absolute atomic E-state index is 0.0194. The van der Waals surface area contributed by atoms with Gasteiger partial charge in [-0.15, -0.1) is 0 Å². The Kier molecular flexibility index (Phi) is 6.22. The Morgan fingerprint density at radius 3 is 2.48 bits per heavy atom. The molecule has 0 radical (unpaired) electrons. The van der Waals surface area contributed by atoms with Crippen LogP contribution in [0.1, 0.15) is 62.2 Å². The highest BCUT2D eigenvalue weighted by Crippen LogP contribution is 2.43. The fourth-order valence-electron chi connectivity index (χ4n) is 6.06. The molecule has 9 heteroatoms. The van der Waals surface area contributed by atoms with Gasteiger partial charge in [-0.25, -0.2) is 8.42 Å². The lowest BCUT2D eigenvalue weighted by Crippen LogP contribution is -2.49. The number of ketones is 1. The third-order valence-electron chi connectivity index (χ3n) is 7.70.